The first-order valence-corrected chi connectivity index (χ1v) is 6.56. The molecule has 0 saturated heterocycles. The zero-order chi connectivity index (χ0) is 14.5. The normalized spacial score (nSPS) is 10.0. The number of hydrogen-bond donors (Lipinski definition) is 1. The Morgan fingerprint density at radius 3 is 2.71 bits per heavy atom. The summed E-state index contributed by atoms with van der Waals surface area (Å²) in [4.78, 5) is 7.13. The molecule has 4 nitrogen and oxygen atoms in total. The number of aromatic nitrogens is 2. The van der Waals surface area contributed by atoms with Gasteiger partial charge in [0.2, 0.25) is 0 Å². The van der Waals surface area contributed by atoms with E-state index in [4.69, 9.17) is 10.00 Å². The van der Waals surface area contributed by atoms with Gasteiger partial charge in [0, 0.05) is 11.8 Å². The molecule has 3 aromatic rings. The molecule has 21 heavy (non-hydrogen) atoms. The number of nitriles is 1. The van der Waals surface area contributed by atoms with Gasteiger partial charge in [-0.25, -0.2) is 4.98 Å². The topological polar surface area (TPSA) is 61.7 Å². The molecule has 2 aromatic carbocycles. The molecule has 0 saturated carbocycles. The van der Waals surface area contributed by atoms with Gasteiger partial charge in [0.25, 0.3) is 0 Å². The van der Waals surface area contributed by atoms with Gasteiger partial charge in [0.1, 0.15) is 12.4 Å². The fourth-order valence-corrected chi connectivity index (χ4v) is 2.04. The zero-order valence-electron chi connectivity index (χ0n) is 11.3. The average molecular weight is 275 g/mol. The molecule has 0 spiro atoms. The molecule has 1 aromatic heterocycles. The number of ether oxygens (including phenoxy) is 1. The maximum Gasteiger partial charge on any atom is 0.119 e. The highest BCUT2D eigenvalue weighted by Crippen LogP contribution is 2.20. The van der Waals surface area contributed by atoms with Crippen molar-refractivity contribution in [2.24, 2.45) is 0 Å². The van der Waals surface area contributed by atoms with Crippen LogP contribution in [0.4, 0.5) is 0 Å². The molecule has 0 amide bonds. The number of aromatic amines is 1. The second-order valence-corrected chi connectivity index (χ2v) is 4.58. The number of benzene rings is 2. The van der Waals surface area contributed by atoms with Crippen molar-refractivity contribution < 1.29 is 4.74 Å². The molecule has 0 aliphatic heterocycles. The maximum atomic E-state index is 8.87. The van der Waals surface area contributed by atoms with Crippen LogP contribution in [0.1, 0.15) is 11.1 Å². The second-order valence-electron chi connectivity index (χ2n) is 4.58. The number of hydrogen-bond acceptors (Lipinski definition) is 3. The van der Waals surface area contributed by atoms with E-state index in [2.05, 4.69) is 16.0 Å². The van der Waals surface area contributed by atoms with Gasteiger partial charge in [-0.05, 0) is 42.0 Å². The van der Waals surface area contributed by atoms with Crippen LogP contribution in [0.15, 0.2) is 61.1 Å². The molecule has 3 rings (SSSR count). The van der Waals surface area contributed by atoms with E-state index in [0.717, 1.165) is 22.6 Å². The molecule has 102 valence electrons. The smallest absolute Gasteiger partial charge is 0.119 e. The van der Waals surface area contributed by atoms with E-state index in [1.807, 2.05) is 48.7 Å². The maximum absolute atomic E-state index is 8.87. The molecule has 1 N–H and O–H groups in total. The first-order chi connectivity index (χ1) is 10.3. The van der Waals surface area contributed by atoms with Gasteiger partial charge in [0.15, 0.2) is 0 Å². The highest BCUT2D eigenvalue weighted by atomic mass is 16.5. The number of nitrogens with zero attached hydrogens (tertiary/aromatic N) is 2. The summed E-state index contributed by atoms with van der Waals surface area (Å²) >= 11 is 0. The number of imidazole rings is 1. The minimum absolute atomic E-state index is 0.442. The first kappa shape index (κ1) is 12.9. The van der Waals surface area contributed by atoms with Gasteiger partial charge in [-0.15, -0.1) is 0 Å². The lowest BCUT2D eigenvalue weighted by atomic mass is 10.1. The second kappa shape index (κ2) is 5.93. The van der Waals surface area contributed by atoms with Crippen LogP contribution in [0.5, 0.6) is 5.75 Å². The highest BCUT2D eigenvalue weighted by Gasteiger charge is 2.01. The van der Waals surface area contributed by atoms with Crippen molar-refractivity contribution in [3.8, 4) is 23.1 Å². The Kier molecular flexibility index (Phi) is 3.66. The summed E-state index contributed by atoms with van der Waals surface area (Å²) in [7, 11) is 0. The first-order valence-electron chi connectivity index (χ1n) is 6.56. The third-order valence-corrected chi connectivity index (χ3v) is 3.11. The van der Waals surface area contributed by atoms with Crippen LogP contribution >= 0.6 is 0 Å². The summed E-state index contributed by atoms with van der Waals surface area (Å²) in [6, 6.07) is 17.3. The van der Waals surface area contributed by atoms with Crippen molar-refractivity contribution in [3.05, 3.63) is 72.2 Å². The monoisotopic (exact) mass is 275 g/mol. The van der Waals surface area contributed by atoms with Crippen molar-refractivity contribution in [2.45, 2.75) is 6.61 Å². The minimum atomic E-state index is 0.442. The van der Waals surface area contributed by atoms with Crippen LogP contribution in [0.25, 0.3) is 11.3 Å². The minimum Gasteiger partial charge on any atom is -0.489 e. The molecule has 0 fully saturated rings. The number of rotatable bonds is 4. The van der Waals surface area contributed by atoms with E-state index < -0.39 is 0 Å². The summed E-state index contributed by atoms with van der Waals surface area (Å²) in [5.41, 5.74) is 3.56. The molecule has 0 aliphatic rings. The van der Waals surface area contributed by atoms with Gasteiger partial charge < -0.3 is 9.72 Å². The lowest BCUT2D eigenvalue weighted by Crippen LogP contribution is -1.95. The molecule has 0 unspecified atom stereocenters. The van der Waals surface area contributed by atoms with Crippen molar-refractivity contribution in [1.29, 1.82) is 5.26 Å². The third-order valence-electron chi connectivity index (χ3n) is 3.11. The SMILES string of the molecule is N#Cc1cccc(COc2ccc(-c3c[nH]cn3)cc2)c1. The molecular formula is C17H13N3O. The highest BCUT2D eigenvalue weighted by molar-refractivity contribution is 5.58. The summed E-state index contributed by atoms with van der Waals surface area (Å²) < 4.78 is 5.73. The van der Waals surface area contributed by atoms with Crippen LogP contribution in [0.2, 0.25) is 0 Å². The summed E-state index contributed by atoms with van der Waals surface area (Å²) in [6.07, 6.45) is 3.51. The number of H-pyrrole nitrogens is 1. The van der Waals surface area contributed by atoms with Crippen LogP contribution in [-0.2, 0) is 6.61 Å². The molecular weight excluding hydrogens is 262 g/mol. The Bertz CT molecular complexity index is 755. The lowest BCUT2D eigenvalue weighted by molar-refractivity contribution is 0.306. The average Bonchev–Trinajstić information content (AvgIpc) is 3.08. The van der Waals surface area contributed by atoms with Crippen molar-refractivity contribution in [3.63, 3.8) is 0 Å². The standard InChI is InChI=1S/C17H13N3O/c18-9-13-2-1-3-14(8-13)11-21-16-6-4-15(5-7-16)17-10-19-12-20-17/h1-8,10,12H,11H2,(H,19,20). The Labute approximate surface area is 122 Å². The molecule has 0 atom stereocenters. The van der Waals surface area contributed by atoms with E-state index in [0.29, 0.717) is 12.2 Å². The van der Waals surface area contributed by atoms with Crippen LogP contribution < -0.4 is 4.74 Å². The van der Waals surface area contributed by atoms with E-state index in [-0.39, 0.29) is 0 Å². The van der Waals surface area contributed by atoms with E-state index in [9.17, 15) is 0 Å². The van der Waals surface area contributed by atoms with Crippen LogP contribution in [0.3, 0.4) is 0 Å². The Morgan fingerprint density at radius 2 is 2.00 bits per heavy atom. The molecule has 4 heteroatoms. The third kappa shape index (κ3) is 3.10. The summed E-state index contributed by atoms with van der Waals surface area (Å²) in [5.74, 6) is 0.789. The molecule has 0 aliphatic carbocycles. The summed E-state index contributed by atoms with van der Waals surface area (Å²) in [6.45, 7) is 0.442. The van der Waals surface area contributed by atoms with Crippen LogP contribution in [0, 0.1) is 11.3 Å². The molecule has 0 radical (unpaired) electrons. The largest absolute Gasteiger partial charge is 0.489 e. The van der Waals surface area contributed by atoms with E-state index >= 15 is 0 Å². The number of nitrogens with one attached hydrogen (secondary N) is 1. The molecule has 1 heterocycles. The Hall–Kier alpha value is -3.06. The van der Waals surface area contributed by atoms with Crippen molar-refractivity contribution in [1.82, 2.24) is 9.97 Å². The zero-order valence-corrected chi connectivity index (χ0v) is 11.3. The van der Waals surface area contributed by atoms with E-state index in [1.165, 1.54) is 0 Å². The predicted octanol–water partition coefficient (Wildman–Crippen LogP) is 3.53. The fourth-order valence-electron chi connectivity index (χ4n) is 2.04. The van der Waals surface area contributed by atoms with Gasteiger partial charge >= 0.3 is 0 Å². The van der Waals surface area contributed by atoms with Crippen molar-refractivity contribution >= 4 is 0 Å². The van der Waals surface area contributed by atoms with Gasteiger partial charge in [-0.2, -0.15) is 5.26 Å². The predicted molar refractivity (Wildman–Crippen MR) is 79.5 cm³/mol. The van der Waals surface area contributed by atoms with Crippen LogP contribution in [-0.4, -0.2) is 9.97 Å². The summed E-state index contributed by atoms with van der Waals surface area (Å²) in [5, 5.41) is 8.87. The Balaban J connectivity index is 1.67. The van der Waals surface area contributed by atoms with E-state index in [1.54, 1.807) is 12.4 Å². The van der Waals surface area contributed by atoms with Gasteiger partial charge in [-0.1, -0.05) is 12.1 Å². The van der Waals surface area contributed by atoms with Gasteiger partial charge in [0.05, 0.1) is 23.7 Å². The van der Waals surface area contributed by atoms with Crippen molar-refractivity contribution in [2.75, 3.05) is 0 Å². The quantitative estimate of drug-likeness (QED) is 0.792. The van der Waals surface area contributed by atoms with Gasteiger partial charge in [-0.3, -0.25) is 0 Å². The Morgan fingerprint density at radius 1 is 1.14 bits per heavy atom. The lowest BCUT2D eigenvalue weighted by Gasteiger charge is -2.07. The fraction of sp³-hybridized carbons (Fsp3) is 0.0588. The molecule has 0 bridgehead atoms.